The molecule has 1 N–H and O–H groups in total. The Balaban J connectivity index is 0.000000181. The second-order valence-corrected chi connectivity index (χ2v) is 7.11. The fourth-order valence-electron chi connectivity index (χ4n) is 1.20. The molecule has 0 spiro atoms. The van der Waals surface area contributed by atoms with Crippen LogP contribution in [-0.4, -0.2) is 30.9 Å². The van der Waals surface area contributed by atoms with Gasteiger partial charge >= 0.3 is 72.2 Å². The maximum atomic E-state index is 3.78. The normalized spacial score (nSPS) is 11.4. The Morgan fingerprint density at radius 1 is 1.25 bits per heavy atom. The summed E-state index contributed by atoms with van der Waals surface area (Å²) in [5, 5.41) is 0. The minimum absolute atomic E-state index is 0.264. The Kier molecular flexibility index (Phi) is 6.96. The third kappa shape index (κ3) is 5.95. The SMILES string of the molecule is C[Te]C(C)Cc1ccc[nH]1.c1ccncc1. The van der Waals surface area contributed by atoms with Gasteiger partial charge < -0.3 is 0 Å². The Bertz CT molecular complexity index is 319. The molecule has 16 heavy (non-hydrogen) atoms. The van der Waals surface area contributed by atoms with Crippen molar-refractivity contribution < 1.29 is 0 Å². The van der Waals surface area contributed by atoms with Crippen LogP contribution in [0.25, 0.3) is 0 Å². The first-order chi connectivity index (χ1) is 7.83. The summed E-state index contributed by atoms with van der Waals surface area (Å²) >= 11 is 0.264. The molecule has 0 amide bonds. The minimum Gasteiger partial charge on any atom is -0.265 e. The third-order valence-electron chi connectivity index (χ3n) is 2.14. The van der Waals surface area contributed by atoms with Crippen LogP contribution in [0.3, 0.4) is 0 Å². The van der Waals surface area contributed by atoms with E-state index in [1.54, 1.807) is 12.4 Å². The van der Waals surface area contributed by atoms with Crippen molar-refractivity contribution in [2.75, 3.05) is 0 Å². The number of nitrogens with one attached hydrogen (secondary N) is 1. The topological polar surface area (TPSA) is 28.7 Å². The maximum Gasteiger partial charge on any atom is 0.0267 e. The molecule has 2 heterocycles. The van der Waals surface area contributed by atoms with E-state index in [0.717, 1.165) is 3.97 Å². The van der Waals surface area contributed by atoms with E-state index in [0.29, 0.717) is 0 Å². The fourth-order valence-corrected chi connectivity index (χ4v) is 2.19. The summed E-state index contributed by atoms with van der Waals surface area (Å²) in [6, 6.07) is 9.95. The summed E-state index contributed by atoms with van der Waals surface area (Å²) in [5.74, 6) is 0. The zero-order chi connectivity index (χ0) is 11.6. The average molecular weight is 330 g/mol. The summed E-state index contributed by atoms with van der Waals surface area (Å²) < 4.78 is 0.934. The van der Waals surface area contributed by atoms with Crippen molar-refractivity contribution >= 4 is 20.9 Å². The van der Waals surface area contributed by atoms with Gasteiger partial charge in [0.2, 0.25) is 0 Å². The van der Waals surface area contributed by atoms with E-state index < -0.39 is 0 Å². The predicted octanol–water partition coefficient (Wildman–Crippen LogP) is 3.20. The summed E-state index contributed by atoms with van der Waals surface area (Å²) in [6.45, 7) is 2.34. The molecule has 2 aromatic rings. The van der Waals surface area contributed by atoms with E-state index in [2.05, 4.69) is 34.0 Å². The van der Waals surface area contributed by atoms with Crippen LogP contribution in [0.15, 0.2) is 48.9 Å². The molecule has 0 bridgehead atoms. The number of pyridine rings is 1. The largest absolute Gasteiger partial charge is 0.265 e. The molecule has 0 aromatic carbocycles. The van der Waals surface area contributed by atoms with Gasteiger partial charge in [-0.1, -0.05) is 6.07 Å². The van der Waals surface area contributed by atoms with Crippen LogP contribution in [0.2, 0.25) is 8.94 Å². The summed E-state index contributed by atoms with van der Waals surface area (Å²) in [5.41, 5.74) is 1.39. The van der Waals surface area contributed by atoms with Crippen molar-refractivity contribution in [1.82, 2.24) is 9.97 Å². The van der Waals surface area contributed by atoms with E-state index in [4.69, 9.17) is 0 Å². The van der Waals surface area contributed by atoms with E-state index in [1.807, 2.05) is 24.4 Å². The third-order valence-corrected chi connectivity index (χ3v) is 4.91. The monoisotopic (exact) mass is 332 g/mol. The van der Waals surface area contributed by atoms with Crippen LogP contribution in [0, 0.1) is 0 Å². The Morgan fingerprint density at radius 3 is 2.38 bits per heavy atom. The second kappa shape index (κ2) is 8.38. The maximum absolute atomic E-state index is 3.78. The van der Waals surface area contributed by atoms with Gasteiger partial charge in [-0.05, 0) is 12.1 Å². The molecule has 0 aliphatic heterocycles. The van der Waals surface area contributed by atoms with Crippen LogP contribution in [0.4, 0.5) is 0 Å². The predicted molar refractivity (Wildman–Crippen MR) is 69.8 cm³/mol. The Morgan fingerprint density at radius 2 is 2.00 bits per heavy atom. The van der Waals surface area contributed by atoms with Crippen molar-refractivity contribution in [1.29, 1.82) is 0 Å². The van der Waals surface area contributed by atoms with Crippen LogP contribution < -0.4 is 0 Å². The molecule has 0 aliphatic rings. The van der Waals surface area contributed by atoms with Gasteiger partial charge in [-0.25, -0.2) is 0 Å². The minimum atomic E-state index is 0.264. The first-order valence-electron chi connectivity index (χ1n) is 5.33. The molecule has 86 valence electrons. The first-order valence-corrected chi connectivity index (χ1v) is 9.00. The molecule has 3 heteroatoms. The molecule has 0 saturated carbocycles. The number of aromatic amines is 1. The summed E-state index contributed by atoms with van der Waals surface area (Å²) in [7, 11) is 0. The first kappa shape index (κ1) is 13.3. The number of hydrogen-bond acceptors (Lipinski definition) is 1. The molecule has 2 rings (SSSR count). The molecule has 0 radical (unpaired) electrons. The molecule has 2 aromatic heterocycles. The van der Waals surface area contributed by atoms with Gasteiger partial charge in [0.25, 0.3) is 0 Å². The molecule has 0 aliphatic carbocycles. The van der Waals surface area contributed by atoms with Crippen LogP contribution in [0.1, 0.15) is 12.6 Å². The van der Waals surface area contributed by atoms with Crippen LogP contribution in [0.5, 0.6) is 0 Å². The van der Waals surface area contributed by atoms with E-state index in [9.17, 15) is 0 Å². The van der Waals surface area contributed by atoms with E-state index in [-0.39, 0.29) is 20.9 Å². The van der Waals surface area contributed by atoms with Crippen molar-refractivity contribution in [3.8, 4) is 0 Å². The number of H-pyrrole nitrogens is 1. The summed E-state index contributed by atoms with van der Waals surface area (Å²) in [4.78, 5) is 9.37. The van der Waals surface area contributed by atoms with Gasteiger partial charge in [0, 0.05) is 12.4 Å². The van der Waals surface area contributed by atoms with Gasteiger partial charge in [-0.2, -0.15) is 0 Å². The van der Waals surface area contributed by atoms with Crippen LogP contribution >= 0.6 is 0 Å². The molecule has 2 nitrogen and oxygen atoms in total. The standard InChI is InChI=1S/C8H13NTe.C5H5N/c1-7(10-2)6-8-4-3-5-9-8;1-2-4-6-5-3-1/h3-5,7,9H,6H2,1-2H3;1-5H. The molecule has 1 unspecified atom stereocenters. The zero-order valence-electron chi connectivity index (χ0n) is 9.76. The Labute approximate surface area is 108 Å². The molecule has 0 saturated heterocycles. The van der Waals surface area contributed by atoms with Gasteiger partial charge in [0.1, 0.15) is 0 Å². The van der Waals surface area contributed by atoms with Gasteiger partial charge in [-0.15, -0.1) is 0 Å². The van der Waals surface area contributed by atoms with Gasteiger partial charge in [0.15, 0.2) is 0 Å². The van der Waals surface area contributed by atoms with Gasteiger partial charge in [-0.3, -0.25) is 4.98 Å². The molecule has 0 fully saturated rings. The van der Waals surface area contributed by atoms with Crippen molar-refractivity contribution in [3.63, 3.8) is 0 Å². The van der Waals surface area contributed by atoms with Crippen molar-refractivity contribution in [2.24, 2.45) is 0 Å². The van der Waals surface area contributed by atoms with Crippen molar-refractivity contribution in [3.05, 3.63) is 54.6 Å². The number of aromatic nitrogens is 2. The fraction of sp³-hybridized carbons (Fsp3) is 0.308. The summed E-state index contributed by atoms with van der Waals surface area (Å²) in [6.07, 6.45) is 6.74. The number of rotatable bonds is 3. The molecule has 1 atom stereocenters. The smallest absolute Gasteiger partial charge is 0.0267 e. The quantitative estimate of drug-likeness (QED) is 0.861. The zero-order valence-corrected chi connectivity index (χ0v) is 12.1. The van der Waals surface area contributed by atoms with Gasteiger partial charge in [0.05, 0.1) is 0 Å². The average Bonchev–Trinajstić information content (AvgIpc) is 2.85. The van der Waals surface area contributed by atoms with E-state index in [1.165, 1.54) is 12.1 Å². The molecular weight excluding hydrogens is 312 g/mol. The van der Waals surface area contributed by atoms with Crippen LogP contribution in [-0.2, 0) is 6.42 Å². The number of nitrogens with zero attached hydrogens (tertiary/aromatic N) is 1. The Hall–Kier alpha value is -0.780. The van der Waals surface area contributed by atoms with E-state index >= 15 is 0 Å². The molecular formula is C13H18N2Te. The van der Waals surface area contributed by atoms with Crippen molar-refractivity contribution in [2.45, 2.75) is 22.3 Å². The number of hydrogen-bond donors (Lipinski definition) is 1. The second-order valence-electron chi connectivity index (χ2n) is 3.47.